The van der Waals surface area contributed by atoms with Gasteiger partial charge in [-0.3, -0.25) is 0 Å². The van der Waals surface area contributed by atoms with Crippen LogP contribution in [0.15, 0.2) is 0 Å². The van der Waals surface area contributed by atoms with Gasteiger partial charge in [0.15, 0.2) is 0 Å². The standard InChI is InChI=1S/C15H32O4/c1-3-5-6-7-8-9-10-15(14(18)4-2)19-12-13(17)11-16/h13-18H,3-12H2,1-2H3. The maximum Gasteiger partial charge on any atom is 0.100 e. The van der Waals surface area contributed by atoms with Crippen LogP contribution < -0.4 is 0 Å². The van der Waals surface area contributed by atoms with Gasteiger partial charge in [-0.2, -0.15) is 0 Å². The van der Waals surface area contributed by atoms with Crippen LogP contribution in [-0.2, 0) is 4.74 Å². The lowest BCUT2D eigenvalue weighted by Crippen LogP contribution is -2.32. The second-order valence-corrected chi connectivity index (χ2v) is 5.24. The maximum atomic E-state index is 9.87. The highest BCUT2D eigenvalue weighted by Gasteiger charge is 2.19. The second-order valence-electron chi connectivity index (χ2n) is 5.24. The van der Waals surface area contributed by atoms with Crippen molar-refractivity contribution in [3.8, 4) is 0 Å². The van der Waals surface area contributed by atoms with Crippen LogP contribution in [0.5, 0.6) is 0 Å². The van der Waals surface area contributed by atoms with E-state index >= 15 is 0 Å². The molecular formula is C15H32O4. The molecule has 0 heterocycles. The molecule has 19 heavy (non-hydrogen) atoms. The Balaban J connectivity index is 3.80. The Kier molecular flexibility index (Phi) is 12.7. The first-order chi connectivity index (χ1) is 9.15. The van der Waals surface area contributed by atoms with Crippen LogP contribution in [0.25, 0.3) is 0 Å². The Labute approximate surface area is 117 Å². The Morgan fingerprint density at radius 3 is 2.16 bits per heavy atom. The zero-order valence-electron chi connectivity index (χ0n) is 12.6. The second kappa shape index (κ2) is 12.9. The zero-order chi connectivity index (χ0) is 14.5. The minimum absolute atomic E-state index is 0.0913. The summed E-state index contributed by atoms with van der Waals surface area (Å²) in [5.74, 6) is 0. The summed E-state index contributed by atoms with van der Waals surface area (Å²) in [6.07, 6.45) is 7.17. The van der Waals surface area contributed by atoms with Gasteiger partial charge < -0.3 is 20.1 Å². The fraction of sp³-hybridized carbons (Fsp3) is 1.00. The Morgan fingerprint density at radius 1 is 0.947 bits per heavy atom. The molecule has 0 saturated carbocycles. The first-order valence-electron chi connectivity index (χ1n) is 7.74. The molecule has 0 rings (SSSR count). The first-order valence-corrected chi connectivity index (χ1v) is 7.74. The lowest BCUT2D eigenvalue weighted by atomic mass is 10.0. The lowest BCUT2D eigenvalue weighted by molar-refractivity contribution is -0.0792. The minimum atomic E-state index is -0.851. The summed E-state index contributed by atoms with van der Waals surface area (Å²) >= 11 is 0. The molecular weight excluding hydrogens is 244 g/mol. The van der Waals surface area contributed by atoms with Gasteiger partial charge in [0, 0.05) is 0 Å². The van der Waals surface area contributed by atoms with E-state index in [9.17, 15) is 10.2 Å². The summed E-state index contributed by atoms with van der Waals surface area (Å²) in [5, 5.41) is 27.9. The van der Waals surface area contributed by atoms with E-state index in [2.05, 4.69) is 6.92 Å². The number of hydrogen-bond donors (Lipinski definition) is 3. The first kappa shape index (κ1) is 18.8. The van der Waals surface area contributed by atoms with Gasteiger partial charge in [-0.25, -0.2) is 0 Å². The number of ether oxygens (including phenoxy) is 1. The van der Waals surface area contributed by atoms with Crippen LogP contribution in [0.2, 0.25) is 0 Å². The van der Waals surface area contributed by atoms with E-state index in [1.54, 1.807) is 0 Å². The maximum absolute atomic E-state index is 9.87. The Hall–Kier alpha value is -0.160. The number of hydrogen-bond acceptors (Lipinski definition) is 4. The third-order valence-electron chi connectivity index (χ3n) is 3.40. The number of rotatable bonds is 13. The van der Waals surface area contributed by atoms with Gasteiger partial charge in [-0.15, -0.1) is 0 Å². The summed E-state index contributed by atoms with van der Waals surface area (Å²) in [7, 11) is 0. The van der Waals surface area contributed by atoms with Crippen LogP contribution in [0.3, 0.4) is 0 Å². The zero-order valence-corrected chi connectivity index (χ0v) is 12.6. The molecule has 0 bridgehead atoms. The monoisotopic (exact) mass is 276 g/mol. The molecule has 0 spiro atoms. The predicted octanol–water partition coefficient (Wildman–Crippen LogP) is 2.25. The highest BCUT2D eigenvalue weighted by molar-refractivity contribution is 4.69. The number of aliphatic hydroxyl groups excluding tert-OH is 3. The normalized spacial score (nSPS) is 16.3. The van der Waals surface area contributed by atoms with E-state index in [1.807, 2.05) is 6.92 Å². The third-order valence-corrected chi connectivity index (χ3v) is 3.40. The van der Waals surface area contributed by atoms with Gasteiger partial charge in [-0.1, -0.05) is 52.4 Å². The largest absolute Gasteiger partial charge is 0.394 e. The quantitative estimate of drug-likeness (QED) is 0.451. The van der Waals surface area contributed by atoms with Gasteiger partial charge in [0.1, 0.15) is 6.10 Å². The van der Waals surface area contributed by atoms with Crippen molar-refractivity contribution in [1.82, 2.24) is 0 Å². The van der Waals surface area contributed by atoms with Crippen LogP contribution in [0, 0.1) is 0 Å². The van der Waals surface area contributed by atoms with Crippen molar-refractivity contribution >= 4 is 0 Å². The molecule has 116 valence electrons. The fourth-order valence-corrected chi connectivity index (χ4v) is 2.06. The predicted molar refractivity (Wildman–Crippen MR) is 77.1 cm³/mol. The van der Waals surface area contributed by atoms with Crippen LogP contribution in [0.1, 0.15) is 65.2 Å². The molecule has 3 atom stereocenters. The van der Waals surface area contributed by atoms with E-state index in [1.165, 1.54) is 32.1 Å². The van der Waals surface area contributed by atoms with Crippen LogP contribution in [-0.4, -0.2) is 46.8 Å². The highest BCUT2D eigenvalue weighted by atomic mass is 16.5. The van der Waals surface area contributed by atoms with Crippen molar-refractivity contribution in [2.45, 2.75) is 83.5 Å². The summed E-state index contributed by atoms with van der Waals surface area (Å²) < 4.78 is 5.52. The molecule has 4 heteroatoms. The van der Waals surface area contributed by atoms with E-state index in [0.717, 1.165) is 12.8 Å². The molecule has 0 saturated heterocycles. The Morgan fingerprint density at radius 2 is 1.58 bits per heavy atom. The van der Waals surface area contributed by atoms with Gasteiger partial charge in [0.2, 0.25) is 0 Å². The third kappa shape index (κ3) is 10.3. The average Bonchev–Trinajstić information content (AvgIpc) is 2.44. The van der Waals surface area contributed by atoms with Crippen molar-refractivity contribution in [1.29, 1.82) is 0 Å². The van der Waals surface area contributed by atoms with Crippen molar-refractivity contribution < 1.29 is 20.1 Å². The minimum Gasteiger partial charge on any atom is -0.394 e. The molecule has 3 N–H and O–H groups in total. The smallest absolute Gasteiger partial charge is 0.100 e. The molecule has 3 unspecified atom stereocenters. The molecule has 0 aliphatic heterocycles. The summed E-state index contributed by atoms with van der Waals surface area (Å²) in [4.78, 5) is 0. The molecule has 0 radical (unpaired) electrons. The SMILES string of the molecule is CCCCCCCCC(OCC(O)CO)C(O)CC. The molecule has 4 nitrogen and oxygen atoms in total. The van der Waals surface area contributed by atoms with Crippen molar-refractivity contribution in [2.75, 3.05) is 13.2 Å². The molecule has 0 fully saturated rings. The van der Waals surface area contributed by atoms with E-state index in [4.69, 9.17) is 9.84 Å². The van der Waals surface area contributed by atoms with E-state index in [0.29, 0.717) is 6.42 Å². The summed E-state index contributed by atoms with van der Waals surface area (Å²) in [6.45, 7) is 3.92. The molecule has 0 aromatic heterocycles. The van der Waals surface area contributed by atoms with E-state index in [-0.39, 0.29) is 19.3 Å². The van der Waals surface area contributed by atoms with E-state index < -0.39 is 12.2 Å². The highest BCUT2D eigenvalue weighted by Crippen LogP contribution is 2.15. The van der Waals surface area contributed by atoms with Crippen LogP contribution in [0.4, 0.5) is 0 Å². The molecule has 0 aliphatic rings. The van der Waals surface area contributed by atoms with Crippen LogP contribution >= 0.6 is 0 Å². The fourth-order valence-electron chi connectivity index (χ4n) is 2.06. The summed E-state index contributed by atoms with van der Waals surface area (Å²) in [6, 6.07) is 0. The van der Waals surface area contributed by atoms with Gasteiger partial charge in [-0.05, 0) is 12.8 Å². The molecule has 0 aromatic rings. The number of unbranched alkanes of at least 4 members (excludes halogenated alkanes) is 5. The van der Waals surface area contributed by atoms with Crippen molar-refractivity contribution in [2.24, 2.45) is 0 Å². The average molecular weight is 276 g/mol. The molecule has 0 amide bonds. The van der Waals surface area contributed by atoms with Gasteiger partial charge in [0.25, 0.3) is 0 Å². The lowest BCUT2D eigenvalue weighted by Gasteiger charge is -2.23. The molecule has 0 aliphatic carbocycles. The van der Waals surface area contributed by atoms with Crippen molar-refractivity contribution in [3.05, 3.63) is 0 Å². The van der Waals surface area contributed by atoms with Crippen molar-refractivity contribution in [3.63, 3.8) is 0 Å². The van der Waals surface area contributed by atoms with Gasteiger partial charge in [0.05, 0.1) is 25.4 Å². The number of aliphatic hydroxyl groups is 3. The molecule has 0 aromatic carbocycles. The topological polar surface area (TPSA) is 69.9 Å². The Bertz CT molecular complexity index is 187. The van der Waals surface area contributed by atoms with Gasteiger partial charge >= 0.3 is 0 Å². The summed E-state index contributed by atoms with van der Waals surface area (Å²) in [5.41, 5.74) is 0.